The largest absolute Gasteiger partial charge is 0.376 e. The van der Waals surface area contributed by atoms with E-state index in [2.05, 4.69) is 15.5 Å². The first-order chi connectivity index (χ1) is 10.8. The topological polar surface area (TPSA) is 73.1 Å². The normalized spacial score (nSPS) is 17.6. The molecule has 0 bridgehead atoms. The maximum Gasteiger partial charge on any atom is 0.256 e. The van der Waals surface area contributed by atoms with E-state index in [0.29, 0.717) is 24.3 Å². The Bertz CT molecular complexity index is 623. The smallest absolute Gasteiger partial charge is 0.256 e. The van der Waals surface area contributed by atoms with E-state index in [4.69, 9.17) is 4.74 Å². The lowest BCUT2D eigenvalue weighted by molar-refractivity contribution is 0.0539. The Morgan fingerprint density at radius 2 is 2.32 bits per heavy atom. The molecule has 116 valence electrons. The number of ether oxygens (including phenoxy) is 1. The first kappa shape index (κ1) is 14.6. The van der Waals surface area contributed by atoms with Gasteiger partial charge in [-0.2, -0.15) is 4.68 Å². The molecule has 1 aromatic carbocycles. The summed E-state index contributed by atoms with van der Waals surface area (Å²) in [6.45, 7) is 4.03. The van der Waals surface area contributed by atoms with Crippen LogP contribution >= 0.6 is 0 Å². The van der Waals surface area contributed by atoms with Gasteiger partial charge in [0, 0.05) is 19.7 Å². The van der Waals surface area contributed by atoms with Gasteiger partial charge in [-0.1, -0.05) is 12.1 Å². The van der Waals surface area contributed by atoms with Crippen molar-refractivity contribution >= 4 is 5.91 Å². The highest BCUT2D eigenvalue weighted by Crippen LogP contribution is 2.18. The highest BCUT2D eigenvalue weighted by Gasteiger charge is 2.24. The van der Waals surface area contributed by atoms with Gasteiger partial charge in [0.15, 0.2) is 0 Å². The molecule has 1 fully saturated rings. The zero-order valence-corrected chi connectivity index (χ0v) is 12.6. The van der Waals surface area contributed by atoms with Crippen molar-refractivity contribution in [2.75, 3.05) is 19.7 Å². The molecule has 2 heterocycles. The van der Waals surface area contributed by atoms with E-state index in [9.17, 15) is 4.79 Å². The zero-order chi connectivity index (χ0) is 15.4. The lowest BCUT2D eigenvalue weighted by atomic mass is 10.1. The summed E-state index contributed by atoms with van der Waals surface area (Å²) in [5.41, 5.74) is 1.28. The summed E-state index contributed by atoms with van der Waals surface area (Å²) in [5.74, 6) is -0.0240. The predicted octanol–water partition coefficient (Wildman–Crippen LogP) is 1.30. The number of amides is 1. The second-order valence-corrected chi connectivity index (χ2v) is 5.25. The van der Waals surface area contributed by atoms with Crippen molar-refractivity contribution in [1.29, 1.82) is 0 Å². The second-order valence-electron chi connectivity index (χ2n) is 5.25. The molecule has 1 saturated heterocycles. The standard InChI is InChI=1S/C15H19N5O2/c1-2-19(10-12-6-5-9-22-12)15(21)13-7-3-4-8-14(13)20-11-16-17-18-20/h3-4,7-8,11-12H,2,5-6,9-10H2,1H3/t12-/m0/s1. The fraction of sp³-hybridized carbons (Fsp3) is 0.467. The molecule has 2 aromatic rings. The van der Waals surface area contributed by atoms with Crippen molar-refractivity contribution in [3.63, 3.8) is 0 Å². The SMILES string of the molecule is CCN(C[C@@H]1CCCO1)C(=O)c1ccccc1-n1cnnn1. The monoisotopic (exact) mass is 301 g/mol. The number of rotatable bonds is 5. The Hall–Kier alpha value is -2.28. The molecule has 7 heteroatoms. The van der Waals surface area contributed by atoms with Crippen LogP contribution in [-0.4, -0.2) is 56.8 Å². The van der Waals surface area contributed by atoms with Crippen LogP contribution in [0.4, 0.5) is 0 Å². The number of tetrazole rings is 1. The van der Waals surface area contributed by atoms with Crippen LogP contribution in [0.25, 0.3) is 5.69 Å². The quantitative estimate of drug-likeness (QED) is 0.832. The number of carbonyl (C=O) groups is 1. The van der Waals surface area contributed by atoms with Crippen LogP contribution < -0.4 is 0 Å². The summed E-state index contributed by atoms with van der Waals surface area (Å²) in [7, 11) is 0. The number of carbonyl (C=O) groups excluding carboxylic acids is 1. The minimum Gasteiger partial charge on any atom is -0.376 e. The Balaban J connectivity index is 1.84. The van der Waals surface area contributed by atoms with E-state index >= 15 is 0 Å². The van der Waals surface area contributed by atoms with Gasteiger partial charge in [-0.25, -0.2) is 0 Å². The molecule has 7 nitrogen and oxygen atoms in total. The fourth-order valence-corrected chi connectivity index (χ4v) is 2.69. The van der Waals surface area contributed by atoms with E-state index in [0.717, 1.165) is 19.4 Å². The first-order valence-corrected chi connectivity index (χ1v) is 7.53. The average molecular weight is 301 g/mol. The maximum atomic E-state index is 12.9. The lowest BCUT2D eigenvalue weighted by Crippen LogP contribution is -2.37. The molecule has 22 heavy (non-hydrogen) atoms. The van der Waals surface area contributed by atoms with E-state index in [1.165, 1.54) is 11.0 Å². The van der Waals surface area contributed by atoms with Gasteiger partial charge in [-0.3, -0.25) is 4.79 Å². The number of benzene rings is 1. The molecule has 3 rings (SSSR count). The van der Waals surface area contributed by atoms with Gasteiger partial charge in [0.25, 0.3) is 5.91 Å². The van der Waals surface area contributed by atoms with Crippen LogP contribution in [0.1, 0.15) is 30.1 Å². The summed E-state index contributed by atoms with van der Waals surface area (Å²) >= 11 is 0. The van der Waals surface area contributed by atoms with Gasteiger partial charge in [0.2, 0.25) is 0 Å². The minimum absolute atomic E-state index is 0.0240. The highest BCUT2D eigenvalue weighted by atomic mass is 16.5. The summed E-state index contributed by atoms with van der Waals surface area (Å²) in [4.78, 5) is 14.7. The molecule has 0 spiro atoms. The number of nitrogens with zero attached hydrogens (tertiary/aromatic N) is 5. The molecule has 1 aliphatic heterocycles. The molecule has 0 unspecified atom stereocenters. The van der Waals surface area contributed by atoms with Crippen LogP contribution in [0.15, 0.2) is 30.6 Å². The van der Waals surface area contributed by atoms with E-state index in [1.54, 1.807) is 6.07 Å². The molecule has 1 atom stereocenters. The van der Waals surface area contributed by atoms with Crippen molar-refractivity contribution in [2.24, 2.45) is 0 Å². The van der Waals surface area contributed by atoms with Gasteiger partial charge < -0.3 is 9.64 Å². The number of likely N-dealkylation sites (N-methyl/N-ethyl adjacent to an activating group) is 1. The molecule has 1 amide bonds. The van der Waals surface area contributed by atoms with Gasteiger partial charge in [-0.05, 0) is 42.3 Å². The average Bonchev–Trinajstić information content (AvgIpc) is 3.25. The second kappa shape index (κ2) is 6.65. The third-order valence-corrected chi connectivity index (χ3v) is 3.85. The molecule has 1 aliphatic rings. The Labute approximate surface area is 128 Å². The molecule has 0 saturated carbocycles. The minimum atomic E-state index is -0.0240. The number of hydrogen-bond acceptors (Lipinski definition) is 5. The Morgan fingerprint density at radius 1 is 1.45 bits per heavy atom. The number of para-hydroxylation sites is 1. The van der Waals surface area contributed by atoms with Crippen LogP contribution in [0.2, 0.25) is 0 Å². The summed E-state index contributed by atoms with van der Waals surface area (Å²) in [6, 6.07) is 7.35. The molecule has 0 radical (unpaired) electrons. The van der Waals surface area contributed by atoms with E-state index in [-0.39, 0.29) is 12.0 Å². The van der Waals surface area contributed by atoms with Crippen LogP contribution in [0.5, 0.6) is 0 Å². The van der Waals surface area contributed by atoms with Crippen molar-refractivity contribution in [3.8, 4) is 5.69 Å². The molecule has 0 N–H and O–H groups in total. The van der Waals surface area contributed by atoms with Crippen LogP contribution in [0, 0.1) is 0 Å². The number of aromatic nitrogens is 4. The predicted molar refractivity (Wildman–Crippen MR) is 79.7 cm³/mol. The highest BCUT2D eigenvalue weighted by molar-refractivity contribution is 5.97. The van der Waals surface area contributed by atoms with E-state index < -0.39 is 0 Å². The molecular formula is C15H19N5O2. The Kier molecular flexibility index (Phi) is 4.43. The molecular weight excluding hydrogens is 282 g/mol. The number of hydrogen-bond donors (Lipinski definition) is 0. The van der Waals surface area contributed by atoms with E-state index in [1.807, 2.05) is 30.0 Å². The van der Waals surface area contributed by atoms with Crippen LogP contribution in [0.3, 0.4) is 0 Å². The van der Waals surface area contributed by atoms with Gasteiger partial charge in [0.1, 0.15) is 6.33 Å². The van der Waals surface area contributed by atoms with Gasteiger partial charge in [-0.15, -0.1) is 5.10 Å². The lowest BCUT2D eigenvalue weighted by Gasteiger charge is -2.24. The zero-order valence-electron chi connectivity index (χ0n) is 12.6. The van der Waals surface area contributed by atoms with Crippen molar-refractivity contribution in [2.45, 2.75) is 25.9 Å². The van der Waals surface area contributed by atoms with Crippen molar-refractivity contribution in [3.05, 3.63) is 36.2 Å². The fourth-order valence-electron chi connectivity index (χ4n) is 2.69. The van der Waals surface area contributed by atoms with Crippen molar-refractivity contribution in [1.82, 2.24) is 25.1 Å². The van der Waals surface area contributed by atoms with Gasteiger partial charge >= 0.3 is 0 Å². The summed E-state index contributed by atoms with van der Waals surface area (Å²) < 4.78 is 7.15. The van der Waals surface area contributed by atoms with Crippen molar-refractivity contribution < 1.29 is 9.53 Å². The summed E-state index contributed by atoms with van der Waals surface area (Å²) in [5, 5.41) is 11.1. The van der Waals surface area contributed by atoms with Gasteiger partial charge in [0.05, 0.1) is 17.4 Å². The molecule has 0 aliphatic carbocycles. The third-order valence-electron chi connectivity index (χ3n) is 3.85. The third kappa shape index (κ3) is 2.99. The maximum absolute atomic E-state index is 12.9. The van der Waals surface area contributed by atoms with Crippen LogP contribution in [-0.2, 0) is 4.74 Å². The molecule has 1 aromatic heterocycles. The summed E-state index contributed by atoms with van der Waals surface area (Å²) in [6.07, 6.45) is 3.71. The Morgan fingerprint density at radius 3 is 3.00 bits per heavy atom. The first-order valence-electron chi connectivity index (χ1n) is 7.53.